The van der Waals surface area contributed by atoms with E-state index in [1.54, 1.807) is 80.3 Å². The van der Waals surface area contributed by atoms with Gasteiger partial charge in [0.25, 0.3) is 11.8 Å². The van der Waals surface area contributed by atoms with Gasteiger partial charge in [0.2, 0.25) is 0 Å². The van der Waals surface area contributed by atoms with E-state index in [0.717, 1.165) is 5.56 Å². The molecule has 0 aliphatic carbocycles. The monoisotopic (exact) mass is 427 g/mol. The number of carbonyl (C=O) groups excluding carboxylic acids is 2. The van der Waals surface area contributed by atoms with E-state index in [1.165, 1.54) is 0 Å². The molecule has 2 aromatic heterocycles. The molecule has 8 heteroatoms. The summed E-state index contributed by atoms with van der Waals surface area (Å²) < 4.78 is 5.16. The number of anilines is 2. The zero-order chi connectivity index (χ0) is 22.5. The number of hydrogen-bond donors (Lipinski definition) is 3. The number of pyridine rings is 1. The van der Waals surface area contributed by atoms with Crippen LogP contribution in [0, 0.1) is 6.92 Å². The van der Waals surface area contributed by atoms with E-state index < -0.39 is 0 Å². The molecule has 0 aliphatic heterocycles. The van der Waals surface area contributed by atoms with Crippen molar-refractivity contribution in [1.82, 2.24) is 15.0 Å². The Bertz CT molecular complexity index is 1250. The number of amides is 2. The molecule has 0 saturated carbocycles. The van der Waals surface area contributed by atoms with Crippen molar-refractivity contribution >= 4 is 23.2 Å². The molecule has 0 unspecified atom stereocenters. The Morgan fingerprint density at radius 3 is 2.47 bits per heavy atom. The highest BCUT2D eigenvalue weighted by Gasteiger charge is 2.13. The molecule has 0 atom stereocenters. The predicted octanol–water partition coefficient (Wildman–Crippen LogP) is 4.29. The van der Waals surface area contributed by atoms with Crippen LogP contribution >= 0.6 is 0 Å². The van der Waals surface area contributed by atoms with Crippen molar-refractivity contribution in [2.75, 3.05) is 17.7 Å². The summed E-state index contributed by atoms with van der Waals surface area (Å²) in [5.41, 5.74) is 3.42. The second kappa shape index (κ2) is 9.13. The summed E-state index contributed by atoms with van der Waals surface area (Å²) in [6, 6.07) is 15.6. The largest absolute Gasteiger partial charge is 0.497 e. The molecule has 3 N–H and O–H groups in total. The van der Waals surface area contributed by atoms with E-state index in [2.05, 4.69) is 25.6 Å². The number of imidazole rings is 1. The number of H-pyrrole nitrogens is 1. The Kier molecular flexibility index (Phi) is 5.94. The number of benzene rings is 2. The van der Waals surface area contributed by atoms with Crippen molar-refractivity contribution in [3.8, 4) is 17.3 Å². The molecule has 0 radical (unpaired) electrons. The van der Waals surface area contributed by atoms with E-state index in [-0.39, 0.29) is 11.8 Å². The van der Waals surface area contributed by atoms with E-state index in [9.17, 15) is 9.59 Å². The van der Waals surface area contributed by atoms with E-state index in [4.69, 9.17) is 4.74 Å². The summed E-state index contributed by atoms with van der Waals surface area (Å²) in [6.07, 6.45) is 4.94. The lowest BCUT2D eigenvalue weighted by atomic mass is 10.1. The molecule has 0 spiro atoms. The SMILES string of the molecule is COc1cccc(C(=O)Nc2ccc(C)c(C(=O)Nc3ccc(-c4ncc[nH]4)nc3)c2)c1. The van der Waals surface area contributed by atoms with Gasteiger partial charge in [0.05, 0.1) is 19.0 Å². The first-order chi connectivity index (χ1) is 15.5. The highest BCUT2D eigenvalue weighted by atomic mass is 16.5. The van der Waals surface area contributed by atoms with Crippen LogP contribution in [0.5, 0.6) is 5.75 Å². The van der Waals surface area contributed by atoms with Gasteiger partial charge in [-0.05, 0) is 55.0 Å². The van der Waals surface area contributed by atoms with Crippen molar-refractivity contribution in [3.05, 3.63) is 89.9 Å². The number of rotatable bonds is 6. The summed E-state index contributed by atoms with van der Waals surface area (Å²) in [5, 5.41) is 5.66. The van der Waals surface area contributed by atoms with Crippen LogP contribution in [0.3, 0.4) is 0 Å². The van der Waals surface area contributed by atoms with E-state index in [1.807, 2.05) is 6.92 Å². The quantitative estimate of drug-likeness (QED) is 0.425. The molecule has 2 aromatic carbocycles. The lowest BCUT2D eigenvalue weighted by Crippen LogP contribution is -2.16. The van der Waals surface area contributed by atoms with Crippen LogP contribution in [-0.4, -0.2) is 33.9 Å². The summed E-state index contributed by atoms with van der Waals surface area (Å²) in [6.45, 7) is 1.83. The molecule has 8 nitrogen and oxygen atoms in total. The van der Waals surface area contributed by atoms with Crippen LogP contribution in [0.1, 0.15) is 26.3 Å². The minimum atomic E-state index is -0.299. The maximum atomic E-state index is 12.9. The number of methoxy groups -OCH3 is 1. The van der Waals surface area contributed by atoms with Crippen LogP contribution in [-0.2, 0) is 0 Å². The van der Waals surface area contributed by atoms with Gasteiger partial charge in [0.1, 0.15) is 11.4 Å². The highest BCUT2D eigenvalue weighted by molar-refractivity contribution is 6.08. The van der Waals surface area contributed by atoms with Crippen LogP contribution in [0.2, 0.25) is 0 Å². The second-order valence-electron chi connectivity index (χ2n) is 7.04. The van der Waals surface area contributed by atoms with Gasteiger partial charge < -0.3 is 20.4 Å². The average Bonchev–Trinajstić information content (AvgIpc) is 3.36. The third-order valence-electron chi connectivity index (χ3n) is 4.83. The van der Waals surface area contributed by atoms with Crippen LogP contribution < -0.4 is 15.4 Å². The summed E-state index contributed by atoms with van der Waals surface area (Å²) in [7, 11) is 1.54. The molecule has 2 amide bonds. The third kappa shape index (κ3) is 4.65. The van der Waals surface area contributed by atoms with Crippen molar-refractivity contribution < 1.29 is 14.3 Å². The van der Waals surface area contributed by atoms with Crippen LogP contribution in [0.4, 0.5) is 11.4 Å². The molecular weight excluding hydrogens is 406 g/mol. The maximum absolute atomic E-state index is 12.9. The summed E-state index contributed by atoms with van der Waals surface area (Å²) >= 11 is 0. The topological polar surface area (TPSA) is 109 Å². The highest BCUT2D eigenvalue weighted by Crippen LogP contribution is 2.20. The first kappa shape index (κ1) is 20.8. The number of aromatic nitrogens is 3. The number of ether oxygens (including phenoxy) is 1. The first-order valence-electron chi connectivity index (χ1n) is 9.87. The molecular formula is C24H21N5O3. The molecule has 0 fully saturated rings. The minimum absolute atomic E-state index is 0.295. The van der Waals surface area contributed by atoms with Gasteiger partial charge in [-0.3, -0.25) is 14.6 Å². The molecule has 32 heavy (non-hydrogen) atoms. The lowest BCUT2D eigenvalue weighted by Gasteiger charge is -2.11. The van der Waals surface area contributed by atoms with Gasteiger partial charge >= 0.3 is 0 Å². The smallest absolute Gasteiger partial charge is 0.256 e. The minimum Gasteiger partial charge on any atom is -0.497 e. The fourth-order valence-electron chi connectivity index (χ4n) is 3.12. The van der Waals surface area contributed by atoms with Gasteiger partial charge in [-0.15, -0.1) is 0 Å². The maximum Gasteiger partial charge on any atom is 0.256 e. The zero-order valence-electron chi connectivity index (χ0n) is 17.5. The Morgan fingerprint density at radius 2 is 1.75 bits per heavy atom. The summed E-state index contributed by atoms with van der Waals surface area (Å²) in [5.74, 6) is 0.649. The van der Waals surface area contributed by atoms with E-state index >= 15 is 0 Å². The van der Waals surface area contributed by atoms with Gasteiger partial charge in [0, 0.05) is 29.2 Å². The van der Waals surface area contributed by atoms with Crippen molar-refractivity contribution in [1.29, 1.82) is 0 Å². The Hall–Kier alpha value is -4.46. The zero-order valence-corrected chi connectivity index (χ0v) is 17.5. The fraction of sp³-hybridized carbons (Fsp3) is 0.0833. The standard InChI is InChI=1S/C24H21N5O3/c1-15-6-7-17(28-23(30)16-4-3-5-19(12-16)32-2)13-20(15)24(31)29-18-8-9-21(27-14-18)22-25-10-11-26-22/h3-14H,1-2H3,(H,25,26)(H,28,30)(H,29,31). The number of carbonyl (C=O) groups is 2. The van der Waals surface area contributed by atoms with Crippen LogP contribution in [0.15, 0.2) is 73.2 Å². The molecule has 2 heterocycles. The second-order valence-corrected chi connectivity index (χ2v) is 7.04. The molecule has 0 aliphatic rings. The molecule has 4 aromatic rings. The number of hydrogen-bond acceptors (Lipinski definition) is 5. The third-order valence-corrected chi connectivity index (χ3v) is 4.83. The Morgan fingerprint density at radius 1 is 0.938 bits per heavy atom. The molecule has 0 saturated heterocycles. The Labute approximate surface area is 184 Å². The van der Waals surface area contributed by atoms with Crippen molar-refractivity contribution in [2.24, 2.45) is 0 Å². The van der Waals surface area contributed by atoms with Gasteiger partial charge in [-0.1, -0.05) is 12.1 Å². The number of nitrogens with zero attached hydrogens (tertiary/aromatic N) is 2. The lowest BCUT2D eigenvalue weighted by molar-refractivity contribution is 0.101. The molecule has 160 valence electrons. The Balaban J connectivity index is 1.48. The van der Waals surface area contributed by atoms with Gasteiger partial charge in [-0.2, -0.15) is 0 Å². The van der Waals surface area contributed by atoms with E-state index in [0.29, 0.717) is 39.8 Å². The van der Waals surface area contributed by atoms with Gasteiger partial charge in [-0.25, -0.2) is 4.98 Å². The number of aromatic amines is 1. The van der Waals surface area contributed by atoms with Gasteiger partial charge in [0.15, 0.2) is 5.82 Å². The normalized spacial score (nSPS) is 10.4. The number of aryl methyl sites for hydroxylation is 1. The van der Waals surface area contributed by atoms with Crippen LogP contribution in [0.25, 0.3) is 11.5 Å². The first-order valence-corrected chi connectivity index (χ1v) is 9.87. The fourth-order valence-corrected chi connectivity index (χ4v) is 3.12. The molecule has 0 bridgehead atoms. The van der Waals surface area contributed by atoms with Crippen molar-refractivity contribution in [3.63, 3.8) is 0 Å². The van der Waals surface area contributed by atoms with Crippen molar-refractivity contribution in [2.45, 2.75) is 6.92 Å². The average molecular weight is 427 g/mol. The summed E-state index contributed by atoms with van der Waals surface area (Å²) in [4.78, 5) is 36.9. The number of nitrogens with one attached hydrogen (secondary N) is 3. The molecule has 4 rings (SSSR count). The predicted molar refractivity (Wildman–Crippen MR) is 122 cm³/mol.